The molecule has 1 fully saturated rings. The molecular weight excluding hydrogens is 335 g/mol. The molecule has 1 saturated heterocycles. The van der Waals surface area contributed by atoms with E-state index in [4.69, 9.17) is 10.00 Å². The van der Waals surface area contributed by atoms with Crippen molar-refractivity contribution in [2.24, 2.45) is 11.0 Å². The number of allylic oxidation sites excluding steroid dienone is 4. The summed E-state index contributed by atoms with van der Waals surface area (Å²) in [4.78, 5) is 0. The van der Waals surface area contributed by atoms with Crippen molar-refractivity contribution in [1.29, 1.82) is 5.26 Å². The van der Waals surface area contributed by atoms with Crippen molar-refractivity contribution in [3.63, 3.8) is 0 Å². The summed E-state index contributed by atoms with van der Waals surface area (Å²) in [6.45, 7) is 3.19. The Morgan fingerprint density at radius 1 is 1.44 bits per heavy atom. The first-order chi connectivity index (χ1) is 11.6. The zero-order valence-electron chi connectivity index (χ0n) is 14.3. The fourth-order valence-electron chi connectivity index (χ4n) is 3.94. The van der Waals surface area contributed by atoms with Gasteiger partial charge in [0.05, 0.1) is 29.9 Å². The smallest absolute Gasteiger partial charge is 0.379 e. The summed E-state index contributed by atoms with van der Waals surface area (Å²) >= 11 is 0. The van der Waals surface area contributed by atoms with Gasteiger partial charge in [0, 0.05) is 19.4 Å². The summed E-state index contributed by atoms with van der Waals surface area (Å²) in [7, 11) is 1.44. The lowest BCUT2D eigenvalue weighted by atomic mass is 9.79. The van der Waals surface area contributed by atoms with E-state index in [0.717, 1.165) is 11.1 Å². The number of nitrogens with zero attached hydrogens (tertiary/aromatic N) is 3. The van der Waals surface area contributed by atoms with Crippen LogP contribution in [0.15, 0.2) is 27.9 Å². The number of aliphatic hydroxyl groups is 1. The number of rotatable bonds is 2. The van der Waals surface area contributed by atoms with E-state index in [-0.39, 0.29) is 5.92 Å². The number of fused-ring (bicyclic) bond motifs is 1. The third-order valence-electron chi connectivity index (χ3n) is 5.57. The van der Waals surface area contributed by atoms with Gasteiger partial charge >= 0.3 is 6.18 Å². The fourth-order valence-corrected chi connectivity index (χ4v) is 3.94. The highest BCUT2D eigenvalue weighted by Gasteiger charge is 2.63. The molecule has 0 amide bonds. The summed E-state index contributed by atoms with van der Waals surface area (Å²) in [5.74, 6) is -0.105. The zero-order chi connectivity index (χ0) is 18.6. The number of halogens is 3. The highest BCUT2D eigenvalue weighted by molar-refractivity contribution is 5.95. The van der Waals surface area contributed by atoms with Crippen molar-refractivity contribution >= 4 is 5.71 Å². The molecule has 0 radical (unpaired) electrons. The highest BCUT2D eigenvalue weighted by atomic mass is 19.4. The molecule has 25 heavy (non-hydrogen) atoms. The molecule has 136 valence electrons. The second-order valence-electron chi connectivity index (χ2n) is 6.91. The maximum Gasteiger partial charge on any atom is 0.419 e. The van der Waals surface area contributed by atoms with Crippen LogP contribution < -0.4 is 0 Å². The van der Waals surface area contributed by atoms with Gasteiger partial charge in [-0.1, -0.05) is 11.6 Å². The molecule has 4 atom stereocenters. The Kier molecular flexibility index (Phi) is 4.20. The van der Waals surface area contributed by atoms with Crippen molar-refractivity contribution in [3.8, 4) is 6.07 Å². The lowest BCUT2D eigenvalue weighted by Crippen LogP contribution is -2.47. The van der Waals surface area contributed by atoms with Crippen LogP contribution in [0.25, 0.3) is 0 Å². The van der Waals surface area contributed by atoms with E-state index in [2.05, 4.69) is 11.2 Å². The third-order valence-corrected chi connectivity index (χ3v) is 5.57. The molecule has 5 nitrogen and oxygen atoms in total. The fraction of sp³-hybridized carbons (Fsp3) is 0.647. The first-order valence-electron chi connectivity index (χ1n) is 8.08. The van der Waals surface area contributed by atoms with Crippen LogP contribution in [0.3, 0.4) is 0 Å². The van der Waals surface area contributed by atoms with E-state index in [0.29, 0.717) is 17.7 Å². The molecule has 0 aromatic carbocycles. The Bertz CT molecular complexity index is 720. The lowest BCUT2D eigenvalue weighted by molar-refractivity contribution is -0.254. The maximum absolute atomic E-state index is 13.1. The van der Waals surface area contributed by atoms with Crippen molar-refractivity contribution in [2.75, 3.05) is 13.7 Å². The second-order valence-corrected chi connectivity index (χ2v) is 6.91. The van der Waals surface area contributed by atoms with Crippen LogP contribution in [-0.4, -0.2) is 53.4 Å². The standard InChI is InChI=1S/C17H20F3N3O2/c1-9-10(2)12(5-4-11(9)7-21)14-15(25-3)13-6-16(24,17(18,19)20)8-23(13)22-14/h4,12-13,15,24H,5-6,8H2,1-3H3/t12?,13-,15-,16?/m0/s1. The van der Waals surface area contributed by atoms with Gasteiger partial charge in [-0.15, -0.1) is 0 Å². The largest absolute Gasteiger partial charge is 0.419 e. The van der Waals surface area contributed by atoms with Gasteiger partial charge in [-0.2, -0.15) is 23.5 Å². The van der Waals surface area contributed by atoms with Gasteiger partial charge in [0.1, 0.15) is 6.10 Å². The van der Waals surface area contributed by atoms with Gasteiger partial charge < -0.3 is 9.84 Å². The minimum Gasteiger partial charge on any atom is -0.379 e. The topological polar surface area (TPSA) is 68.8 Å². The number of alkyl halides is 3. The van der Waals surface area contributed by atoms with Crippen molar-refractivity contribution in [1.82, 2.24) is 5.01 Å². The Morgan fingerprint density at radius 3 is 2.68 bits per heavy atom. The molecule has 0 spiro atoms. The number of nitriles is 1. The summed E-state index contributed by atoms with van der Waals surface area (Å²) < 4.78 is 44.8. The second kappa shape index (κ2) is 5.85. The minimum absolute atomic E-state index is 0.105. The minimum atomic E-state index is -4.70. The summed E-state index contributed by atoms with van der Waals surface area (Å²) in [6, 6.07) is 1.51. The van der Waals surface area contributed by atoms with Crippen LogP contribution in [0.1, 0.15) is 26.7 Å². The Morgan fingerprint density at radius 2 is 2.12 bits per heavy atom. The van der Waals surface area contributed by atoms with E-state index in [1.807, 2.05) is 19.9 Å². The molecule has 2 aliphatic heterocycles. The normalized spacial score (nSPS) is 35.4. The average molecular weight is 355 g/mol. The van der Waals surface area contributed by atoms with Crippen LogP contribution in [0.4, 0.5) is 13.2 Å². The zero-order valence-corrected chi connectivity index (χ0v) is 14.3. The summed E-state index contributed by atoms with van der Waals surface area (Å²) in [5.41, 5.74) is 0.377. The lowest BCUT2D eigenvalue weighted by Gasteiger charge is -2.29. The quantitative estimate of drug-likeness (QED) is 0.827. The average Bonchev–Trinajstić information content (AvgIpc) is 3.03. The molecule has 2 heterocycles. The number of methoxy groups -OCH3 is 1. The number of hydrogen-bond donors (Lipinski definition) is 1. The molecular formula is C17H20F3N3O2. The van der Waals surface area contributed by atoms with Crippen LogP contribution >= 0.6 is 0 Å². The molecule has 3 rings (SSSR count). The number of hydrogen-bond acceptors (Lipinski definition) is 5. The molecule has 1 aliphatic carbocycles. The molecule has 0 saturated carbocycles. The Labute approximate surface area is 144 Å². The van der Waals surface area contributed by atoms with Crippen LogP contribution in [0.5, 0.6) is 0 Å². The molecule has 0 aromatic heterocycles. The van der Waals surface area contributed by atoms with Gasteiger partial charge in [0.25, 0.3) is 0 Å². The van der Waals surface area contributed by atoms with Crippen molar-refractivity contribution < 1.29 is 23.0 Å². The molecule has 0 bridgehead atoms. The van der Waals surface area contributed by atoms with Crippen molar-refractivity contribution in [2.45, 2.75) is 50.6 Å². The Hall–Kier alpha value is -1.85. The molecule has 1 N–H and O–H groups in total. The molecule has 2 unspecified atom stereocenters. The van der Waals surface area contributed by atoms with E-state index < -0.39 is 36.9 Å². The van der Waals surface area contributed by atoms with E-state index in [9.17, 15) is 18.3 Å². The molecule has 0 aromatic rings. The van der Waals surface area contributed by atoms with E-state index >= 15 is 0 Å². The monoisotopic (exact) mass is 355 g/mol. The molecule has 8 heteroatoms. The first kappa shape index (κ1) is 18.0. The summed E-state index contributed by atoms with van der Waals surface area (Å²) in [5, 5.41) is 24.8. The summed E-state index contributed by atoms with van der Waals surface area (Å²) in [6.07, 6.45) is -3.38. The maximum atomic E-state index is 13.1. The predicted octanol–water partition coefficient (Wildman–Crippen LogP) is 2.54. The third kappa shape index (κ3) is 2.66. The van der Waals surface area contributed by atoms with Gasteiger partial charge in [0.15, 0.2) is 5.60 Å². The Balaban J connectivity index is 1.90. The van der Waals surface area contributed by atoms with Gasteiger partial charge in [0.2, 0.25) is 0 Å². The van der Waals surface area contributed by atoms with Gasteiger partial charge in [-0.05, 0) is 25.8 Å². The van der Waals surface area contributed by atoms with Gasteiger partial charge in [-0.25, -0.2) is 0 Å². The molecule has 3 aliphatic rings. The highest BCUT2D eigenvalue weighted by Crippen LogP contribution is 2.45. The van der Waals surface area contributed by atoms with Gasteiger partial charge in [-0.3, -0.25) is 5.01 Å². The van der Waals surface area contributed by atoms with E-state index in [1.165, 1.54) is 12.1 Å². The van der Waals surface area contributed by atoms with Crippen LogP contribution in [0, 0.1) is 17.2 Å². The van der Waals surface area contributed by atoms with Crippen molar-refractivity contribution in [3.05, 3.63) is 22.8 Å². The van der Waals surface area contributed by atoms with E-state index in [1.54, 1.807) is 0 Å². The predicted molar refractivity (Wildman–Crippen MR) is 84.5 cm³/mol. The van der Waals surface area contributed by atoms with Crippen LogP contribution in [-0.2, 0) is 4.74 Å². The van der Waals surface area contributed by atoms with Crippen LogP contribution in [0.2, 0.25) is 0 Å². The first-order valence-corrected chi connectivity index (χ1v) is 8.08. The SMILES string of the molecule is CO[C@@H]1C(C2CC=C(C#N)C(C)=C2C)=NN2CC(O)(C(F)(F)F)C[C@@H]12. The number of ether oxygens (including phenoxy) is 1. The number of hydrazone groups is 1.